The van der Waals surface area contributed by atoms with E-state index in [0.29, 0.717) is 17.5 Å². The molecule has 3 nitrogen and oxygen atoms in total. The first kappa shape index (κ1) is 16.6. The van der Waals surface area contributed by atoms with Crippen molar-refractivity contribution in [2.75, 3.05) is 6.54 Å². The Morgan fingerprint density at radius 2 is 2.00 bits per heavy atom. The van der Waals surface area contributed by atoms with Crippen LogP contribution in [0.1, 0.15) is 56.4 Å². The van der Waals surface area contributed by atoms with E-state index in [0.717, 1.165) is 6.42 Å². The van der Waals surface area contributed by atoms with Gasteiger partial charge in [-0.1, -0.05) is 49.9 Å². The zero-order chi connectivity index (χ0) is 15.5. The molecule has 1 aromatic heterocycles. The van der Waals surface area contributed by atoms with E-state index in [1.807, 2.05) is 0 Å². The lowest BCUT2D eigenvalue weighted by Gasteiger charge is -2.31. The summed E-state index contributed by atoms with van der Waals surface area (Å²) in [5.41, 5.74) is 0.441. The van der Waals surface area contributed by atoms with Gasteiger partial charge in [-0.2, -0.15) is 0 Å². The van der Waals surface area contributed by atoms with Crippen LogP contribution < -0.4 is 5.32 Å². The normalized spacial score (nSPS) is 17.2. The molecule has 0 spiro atoms. The average molecular weight is 329 g/mol. The second-order valence-electron chi connectivity index (χ2n) is 6.45. The third kappa shape index (κ3) is 4.33. The summed E-state index contributed by atoms with van der Waals surface area (Å²) < 4.78 is 0. The van der Waals surface area contributed by atoms with Crippen molar-refractivity contribution in [2.24, 2.45) is 11.3 Å². The fourth-order valence-corrected chi connectivity index (χ4v) is 3.71. The van der Waals surface area contributed by atoms with E-state index in [9.17, 15) is 4.79 Å². The highest BCUT2D eigenvalue weighted by molar-refractivity contribution is 6.34. The van der Waals surface area contributed by atoms with Crippen LogP contribution in [0.25, 0.3) is 0 Å². The summed E-state index contributed by atoms with van der Waals surface area (Å²) in [6.45, 7) is 5.16. The predicted molar refractivity (Wildman–Crippen MR) is 86.9 cm³/mol. The van der Waals surface area contributed by atoms with E-state index >= 15 is 0 Å². The van der Waals surface area contributed by atoms with E-state index in [1.54, 1.807) is 12.1 Å². The minimum absolute atomic E-state index is 0.210. The Kier molecular flexibility index (Phi) is 5.50. The molecule has 5 heteroatoms. The van der Waals surface area contributed by atoms with Gasteiger partial charge in [-0.05, 0) is 42.7 Å². The maximum Gasteiger partial charge on any atom is 0.271 e. The Bertz CT molecular complexity index is 511. The largest absolute Gasteiger partial charge is 0.350 e. The van der Waals surface area contributed by atoms with Crippen LogP contribution in [-0.2, 0) is 0 Å². The van der Waals surface area contributed by atoms with Crippen molar-refractivity contribution in [3.05, 3.63) is 28.0 Å². The molecular weight excluding hydrogens is 307 g/mol. The van der Waals surface area contributed by atoms with Gasteiger partial charge in [0.2, 0.25) is 0 Å². The number of carbonyl (C=O) groups is 1. The minimum atomic E-state index is -0.238. The summed E-state index contributed by atoms with van der Waals surface area (Å²) in [5, 5.41) is 3.63. The highest BCUT2D eigenvalue weighted by atomic mass is 35.5. The molecule has 0 unspecified atom stereocenters. The molecule has 1 saturated carbocycles. The van der Waals surface area contributed by atoms with Gasteiger partial charge in [0.25, 0.3) is 5.91 Å². The molecule has 0 aliphatic heterocycles. The molecule has 0 aromatic carbocycles. The molecule has 0 atom stereocenters. The first-order chi connectivity index (χ1) is 9.92. The van der Waals surface area contributed by atoms with Gasteiger partial charge in [0.15, 0.2) is 0 Å². The molecule has 1 heterocycles. The summed E-state index contributed by atoms with van der Waals surface area (Å²) >= 11 is 11.9. The summed E-state index contributed by atoms with van der Waals surface area (Å²) in [6, 6.07) is 3.18. The molecule has 1 N–H and O–H groups in total. The van der Waals surface area contributed by atoms with Gasteiger partial charge < -0.3 is 5.32 Å². The fourth-order valence-electron chi connectivity index (χ4n) is 3.37. The van der Waals surface area contributed by atoms with Crippen LogP contribution >= 0.6 is 23.2 Å². The smallest absolute Gasteiger partial charge is 0.271 e. The van der Waals surface area contributed by atoms with Crippen molar-refractivity contribution in [1.29, 1.82) is 0 Å². The summed E-state index contributed by atoms with van der Waals surface area (Å²) in [6.07, 6.45) is 6.01. The second-order valence-corrected chi connectivity index (χ2v) is 7.25. The Hall–Kier alpha value is -0.800. The third-order valence-corrected chi connectivity index (χ3v) is 4.67. The quantitative estimate of drug-likeness (QED) is 0.794. The lowest BCUT2D eigenvalue weighted by atomic mass is 9.78. The number of aromatic nitrogens is 1. The van der Waals surface area contributed by atoms with Crippen molar-refractivity contribution in [2.45, 2.75) is 46.0 Å². The van der Waals surface area contributed by atoms with Gasteiger partial charge in [-0.15, -0.1) is 0 Å². The molecule has 1 fully saturated rings. The van der Waals surface area contributed by atoms with Crippen LogP contribution in [0.2, 0.25) is 10.2 Å². The van der Waals surface area contributed by atoms with Gasteiger partial charge in [-0.25, -0.2) is 4.98 Å². The van der Waals surface area contributed by atoms with Gasteiger partial charge in [0.1, 0.15) is 10.8 Å². The highest BCUT2D eigenvalue weighted by Crippen LogP contribution is 2.42. The lowest BCUT2D eigenvalue weighted by molar-refractivity contribution is 0.0917. The molecular formula is C16H22Cl2N2O. The molecule has 0 saturated heterocycles. The van der Waals surface area contributed by atoms with Crippen molar-refractivity contribution in [3.63, 3.8) is 0 Å². The van der Waals surface area contributed by atoms with Gasteiger partial charge in [-0.3, -0.25) is 4.79 Å². The number of nitrogens with zero attached hydrogens (tertiary/aromatic N) is 1. The third-order valence-electron chi connectivity index (χ3n) is 4.16. The molecule has 1 amide bonds. The molecule has 1 aromatic rings. The first-order valence-electron chi connectivity index (χ1n) is 7.52. The topological polar surface area (TPSA) is 42.0 Å². The van der Waals surface area contributed by atoms with E-state index < -0.39 is 0 Å². The number of pyridine rings is 1. The van der Waals surface area contributed by atoms with Crippen molar-refractivity contribution in [3.8, 4) is 0 Å². The van der Waals surface area contributed by atoms with Crippen molar-refractivity contribution in [1.82, 2.24) is 10.3 Å². The zero-order valence-corrected chi connectivity index (χ0v) is 14.1. The predicted octanol–water partition coefficient (Wildman–Crippen LogP) is 4.72. The molecule has 116 valence electrons. The number of carbonyl (C=O) groups excluding carboxylic acids is 1. The summed E-state index contributed by atoms with van der Waals surface area (Å²) in [7, 11) is 0. The number of hydrogen-bond donors (Lipinski definition) is 1. The van der Waals surface area contributed by atoms with Crippen LogP contribution in [0.3, 0.4) is 0 Å². The van der Waals surface area contributed by atoms with Crippen LogP contribution in [0.5, 0.6) is 0 Å². The number of nitrogens with one attached hydrogen (secondary N) is 1. The maximum absolute atomic E-state index is 12.3. The SMILES string of the molecule is CC(C)CC1(CNC(=O)c2nc(Cl)ccc2Cl)CCCC1. The molecule has 1 aliphatic carbocycles. The van der Waals surface area contributed by atoms with Gasteiger partial charge in [0.05, 0.1) is 5.02 Å². The Labute approximate surface area is 136 Å². The number of rotatable bonds is 5. The zero-order valence-electron chi connectivity index (χ0n) is 12.6. The molecule has 0 bridgehead atoms. The Morgan fingerprint density at radius 3 is 2.62 bits per heavy atom. The second kappa shape index (κ2) is 6.97. The first-order valence-corrected chi connectivity index (χ1v) is 8.28. The van der Waals surface area contributed by atoms with Crippen LogP contribution in [0.15, 0.2) is 12.1 Å². The Balaban J connectivity index is 2.03. The summed E-state index contributed by atoms with van der Waals surface area (Å²) in [4.78, 5) is 16.3. The number of hydrogen-bond acceptors (Lipinski definition) is 2. The molecule has 21 heavy (non-hydrogen) atoms. The lowest BCUT2D eigenvalue weighted by Crippen LogP contribution is -2.37. The van der Waals surface area contributed by atoms with E-state index in [4.69, 9.17) is 23.2 Å². The minimum Gasteiger partial charge on any atom is -0.350 e. The van der Waals surface area contributed by atoms with E-state index in [-0.39, 0.29) is 22.2 Å². The van der Waals surface area contributed by atoms with E-state index in [1.165, 1.54) is 25.7 Å². The van der Waals surface area contributed by atoms with E-state index in [2.05, 4.69) is 24.1 Å². The monoisotopic (exact) mass is 328 g/mol. The van der Waals surface area contributed by atoms with Crippen LogP contribution in [0.4, 0.5) is 0 Å². The standard InChI is InChI=1S/C16H22Cl2N2O/c1-11(2)9-16(7-3-4-8-16)10-19-15(21)14-12(17)5-6-13(18)20-14/h5-6,11H,3-4,7-10H2,1-2H3,(H,19,21). The van der Waals surface area contributed by atoms with Gasteiger partial charge >= 0.3 is 0 Å². The number of amides is 1. The Morgan fingerprint density at radius 1 is 1.33 bits per heavy atom. The molecule has 2 rings (SSSR count). The average Bonchev–Trinajstić information content (AvgIpc) is 2.87. The highest BCUT2D eigenvalue weighted by Gasteiger charge is 2.34. The molecule has 1 aliphatic rings. The van der Waals surface area contributed by atoms with Gasteiger partial charge in [0, 0.05) is 6.54 Å². The van der Waals surface area contributed by atoms with Crippen LogP contribution in [-0.4, -0.2) is 17.4 Å². The number of halogens is 2. The van der Waals surface area contributed by atoms with Crippen LogP contribution in [0, 0.1) is 11.3 Å². The van der Waals surface area contributed by atoms with Crippen molar-refractivity contribution >= 4 is 29.1 Å². The molecule has 0 radical (unpaired) electrons. The maximum atomic E-state index is 12.3. The summed E-state index contributed by atoms with van der Waals surface area (Å²) in [5.74, 6) is 0.394. The van der Waals surface area contributed by atoms with Crippen molar-refractivity contribution < 1.29 is 4.79 Å². The fraction of sp³-hybridized carbons (Fsp3) is 0.625.